The van der Waals surface area contributed by atoms with Crippen molar-refractivity contribution in [3.8, 4) is 0 Å². The van der Waals surface area contributed by atoms with Gasteiger partial charge in [0.25, 0.3) is 0 Å². The third-order valence-corrected chi connectivity index (χ3v) is 4.97. The van der Waals surface area contributed by atoms with Crippen molar-refractivity contribution in [3.63, 3.8) is 0 Å². The Hall–Kier alpha value is -1.89. The third-order valence-electron chi connectivity index (χ3n) is 4.97. The molecule has 7 heteroatoms. The summed E-state index contributed by atoms with van der Waals surface area (Å²) in [6.07, 6.45) is 2.78. The zero-order chi connectivity index (χ0) is 17.7. The highest BCUT2D eigenvalue weighted by Crippen LogP contribution is 2.29. The molecule has 0 unspecified atom stereocenters. The fraction of sp³-hybridized carbons (Fsp3) is 0.706. The van der Waals surface area contributed by atoms with Crippen LogP contribution in [0.2, 0.25) is 0 Å². The quantitative estimate of drug-likeness (QED) is 0.823. The van der Waals surface area contributed by atoms with Gasteiger partial charge in [0, 0.05) is 51.3 Å². The number of rotatable bonds is 6. The molecule has 1 aliphatic heterocycles. The second-order valence-electron chi connectivity index (χ2n) is 6.62. The molecule has 0 saturated carbocycles. The van der Waals surface area contributed by atoms with Crippen LogP contribution in [0.5, 0.6) is 0 Å². The van der Waals surface area contributed by atoms with Crippen molar-refractivity contribution in [2.75, 3.05) is 20.2 Å². The van der Waals surface area contributed by atoms with Crippen LogP contribution >= 0.6 is 0 Å². The zero-order valence-electron chi connectivity index (χ0n) is 15.1. The number of hydrogen-bond acceptors (Lipinski definition) is 4. The number of ether oxygens (including phenoxy) is 1. The van der Waals surface area contributed by atoms with E-state index in [4.69, 9.17) is 4.74 Å². The lowest BCUT2D eigenvalue weighted by Crippen LogP contribution is -2.51. The standard InChI is InChI=1S/C17H28N4O3/c1-12-15(13(2)20-19-12)10-18-16(23)6-8-17(24-4)7-5-9-21(11-17)14(3)22/h5-11H2,1-4H3,(H,18,23)(H,19,20)/t17-/m0/s1. The predicted molar refractivity (Wildman–Crippen MR) is 90.4 cm³/mol. The molecule has 2 rings (SSSR count). The first kappa shape index (κ1) is 18.4. The Labute approximate surface area is 143 Å². The second kappa shape index (κ2) is 7.79. The van der Waals surface area contributed by atoms with Gasteiger partial charge in [0.15, 0.2) is 0 Å². The maximum Gasteiger partial charge on any atom is 0.220 e. The van der Waals surface area contributed by atoms with Crippen LogP contribution in [0.15, 0.2) is 0 Å². The van der Waals surface area contributed by atoms with Gasteiger partial charge in [-0.05, 0) is 33.1 Å². The first-order chi connectivity index (χ1) is 11.4. The molecule has 7 nitrogen and oxygen atoms in total. The van der Waals surface area contributed by atoms with Crippen molar-refractivity contribution in [1.82, 2.24) is 20.4 Å². The minimum Gasteiger partial charge on any atom is -0.376 e. The third kappa shape index (κ3) is 4.35. The highest BCUT2D eigenvalue weighted by Gasteiger charge is 2.36. The van der Waals surface area contributed by atoms with Crippen LogP contribution in [0.4, 0.5) is 0 Å². The van der Waals surface area contributed by atoms with E-state index >= 15 is 0 Å². The highest BCUT2D eigenvalue weighted by molar-refractivity contribution is 5.76. The smallest absolute Gasteiger partial charge is 0.220 e. The van der Waals surface area contributed by atoms with Crippen LogP contribution in [0.25, 0.3) is 0 Å². The SMILES string of the molecule is CO[C@]1(CCC(=O)NCc2c(C)n[nH]c2C)CCCN(C(C)=O)C1. The van der Waals surface area contributed by atoms with Crippen LogP contribution in [-0.2, 0) is 20.9 Å². The molecule has 1 aromatic heterocycles. The number of aromatic amines is 1. The van der Waals surface area contributed by atoms with Gasteiger partial charge in [-0.15, -0.1) is 0 Å². The van der Waals surface area contributed by atoms with E-state index in [0.717, 1.165) is 36.3 Å². The maximum absolute atomic E-state index is 12.2. The molecule has 1 aliphatic rings. The average Bonchev–Trinajstić information content (AvgIpc) is 2.89. The molecular formula is C17H28N4O3. The van der Waals surface area contributed by atoms with Crippen molar-refractivity contribution in [2.24, 2.45) is 0 Å². The number of carbonyl (C=O) groups excluding carboxylic acids is 2. The number of aryl methyl sites for hydroxylation is 2. The van der Waals surface area contributed by atoms with Gasteiger partial charge in [-0.1, -0.05) is 0 Å². The number of nitrogens with zero attached hydrogens (tertiary/aromatic N) is 2. The minimum atomic E-state index is -0.414. The normalized spacial score (nSPS) is 20.9. The van der Waals surface area contributed by atoms with Crippen LogP contribution in [-0.4, -0.2) is 52.7 Å². The number of nitrogens with one attached hydrogen (secondary N) is 2. The van der Waals surface area contributed by atoms with Crippen molar-refractivity contribution in [1.29, 1.82) is 0 Å². The molecule has 1 saturated heterocycles. The van der Waals surface area contributed by atoms with E-state index < -0.39 is 5.60 Å². The summed E-state index contributed by atoms with van der Waals surface area (Å²) in [4.78, 5) is 25.6. The molecule has 134 valence electrons. The van der Waals surface area contributed by atoms with E-state index in [9.17, 15) is 9.59 Å². The monoisotopic (exact) mass is 336 g/mol. The first-order valence-electron chi connectivity index (χ1n) is 8.45. The molecule has 0 spiro atoms. The van der Waals surface area contributed by atoms with Crippen molar-refractivity contribution >= 4 is 11.8 Å². The zero-order valence-corrected chi connectivity index (χ0v) is 15.1. The maximum atomic E-state index is 12.2. The van der Waals surface area contributed by atoms with Gasteiger partial charge in [-0.25, -0.2) is 0 Å². The Bertz CT molecular complexity index is 579. The number of H-pyrrole nitrogens is 1. The first-order valence-corrected chi connectivity index (χ1v) is 8.45. The van der Waals surface area contributed by atoms with Crippen LogP contribution in [0, 0.1) is 13.8 Å². The lowest BCUT2D eigenvalue weighted by molar-refractivity contribution is -0.139. The van der Waals surface area contributed by atoms with Gasteiger partial charge in [0.2, 0.25) is 11.8 Å². The number of hydrogen-bond donors (Lipinski definition) is 2. The van der Waals surface area contributed by atoms with Gasteiger partial charge in [-0.3, -0.25) is 14.7 Å². The largest absolute Gasteiger partial charge is 0.376 e. The van der Waals surface area contributed by atoms with Crippen LogP contribution < -0.4 is 5.32 Å². The van der Waals surface area contributed by atoms with Gasteiger partial charge in [0.1, 0.15) is 0 Å². The number of amides is 2. The fourth-order valence-electron chi connectivity index (χ4n) is 3.29. The Morgan fingerprint density at radius 2 is 2.17 bits per heavy atom. The van der Waals surface area contributed by atoms with E-state index in [1.165, 1.54) is 0 Å². The predicted octanol–water partition coefficient (Wildman–Crippen LogP) is 1.45. The van der Waals surface area contributed by atoms with Crippen molar-refractivity contribution in [3.05, 3.63) is 17.0 Å². The van der Waals surface area contributed by atoms with Crippen LogP contribution in [0.1, 0.15) is 49.6 Å². The topological polar surface area (TPSA) is 87.3 Å². The molecule has 0 radical (unpaired) electrons. The van der Waals surface area contributed by atoms with E-state index in [2.05, 4.69) is 15.5 Å². The number of likely N-dealkylation sites (tertiary alicyclic amines) is 1. The molecule has 1 fully saturated rings. The molecule has 0 aliphatic carbocycles. The van der Waals surface area contributed by atoms with Gasteiger partial charge >= 0.3 is 0 Å². The summed E-state index contributed by atoms with van der Waals surface area (Å²) in [6.45, 7) is 7.25. The van der Waals surface area contributed by atoms with Gasteiger partial charge in [0.05, 0.1) is 11.3 Å². The number of methoxy groups -OCH3 is 1. The Balaban J connectivity index is 1.86. The molecule has 1 aromatic rings. The summed E-state index contributed by atoms with van der Waals surface area (Å²) >= 11 is 0. The second-order valence-corrected chi connectivity index (χ2v) is 6.62. The summed E-state index contributed by atoms with van der Waals surface area (Å²) in [5, 5.41) is 9.99. The number of aromatic nitrogens is 2. The summed E-state index contributed by atoms with van der Waals surface area (Å²) in [7, 11) is 1.67. The van der Waals surface area contributed by atoms with Gasteiger partial charge in [-0.2, -0.15) is 5.10 Å². The van der Waals surface area contributed by atoms with Gasteiger partial charge < -0.3 is 15.0 Å². The Morgan fingerprint density at radius 3 is 2.75 bits per heavy atom. The van der Waals surface area contributed by atoms with Crippen LogP contribution in [0.3, 0.4) is 0 Å². The van der Waals surface area contributed by atoms with E-state index in [1.807, 2.05) is 18.7 Å². The summed E-state index contributed by atoms with van der Waals surface area (Å²) in [5.41, 5.74) is 2.50. The molecule has 0 aromatic carbocycles. The molecule has 2 heterocycles. The minimum absolute atomic E-state index is 0.00799. The molecular weight excluding hydrogens is 308 g/mol. The average molecular weight is 336 g/mol. The molecule has 2 N–H and O–H groups in total. The van der Waals surface area contributed by atoms with Crippen molar-refractivity contribution < 1.29 is 14.3 Å². The molecule has 2 amide bonds. The molecule has 1 atom stereocenters. The molecule has 24 heavy (non-hydrogen) atoms. The number of carbonyl (C=O) groups is 2. The molecule has 0 bridgehead atoms. The summed E-state index contributed by atoms with van der Waals surface area (Å²) in [5.74, 6) is 0.0536. The highest BCUT2D eigenvalue weighted by atomic mass is 16.5. The lowest BCUT2D eigenvalue weighted by atomic mass is 9.87. The summed E-state index contributed by atoms with van der Waals surface area (Å²) < 4.78 is 5.71. The lowest BCUT2D eigenvalue weighted by Gasteiger charge is -2.41. The Morgan fingerprint density at radius 1 is 1.42 bits per heavy atom. The van der Waals surface area contributed by atoms with E-state index in [0.29, 0.717) is 25.9 Å². The van der Waals surface area contributed by atoms with Crippen molar-refractivity contribution in [2.45, 2.75) is 58.6 Å². The number of piperidine rings is 1. The van der Waals surface area contributed by atoms with E-state index in [-0.39, 0.29) is 11.8 Å². The Kier molecular flexibility index (Phi) is 5.99. The fourth-order valence-corrected chi connectivity index (χ4v) is 3.29. The van der Waals surface area contributed by atoms with E-state index in [1.54, 1.807) is 14.0 Å². The summed E-state index contributed by atoms with van der Waals surface area (Å²) in [6, 6.07) is 0.